The maximum Gasteiger partial charge on any atom is 0.407 e. The summed E-state index contributed by atoms with van der Waals surface area (Å²) in [6.07, 6.45) is 0.603. The predicted molar refractivity (Wildman–Crippen MR) is 124 cm³/mol. The Labute approximate surface area is 193 Å². The predicted octanol–water partition coefficient (Wildman–Crippen LogP) is 4.02. The molecule has 174 valence electrons. The van der Waals surface area contributed by atoms with E-state index in [1.54, 1.807) is 11.8 Å². The van der Waals surface area contributed by atoms with Crippen molar-refractivity contribution in [1.29, 1.82) is 0 Å². The molecule has 3 atom stereocenters. The molecule has 2 N–H and O–H groups in total. The van der Waals surface area contributed by atoms with Gasteiger partial charge in [-0.05, 0) is 42.0 Å². The molecule has 0 radical (unpaired) electrons. The van der Waals surface area contributed by atoms with Gasteiger partial charge < -0.3 is 20.1 Å². The number of likely N-dealkylation sites (tertiary alicyclic amines) is 1. The number of alkyl carbamates (subject to hydrolysis) is 1. The highest BCUT2D eigenvalue weighted by molar-refractivity contribution is 5.81. The van der Waals surface area contributed by atoms with E-state index in [0.717, 1.165) is 11.1 Å². The highest BCUT2D eigenvalue weighted by Gasteiger charge is 2.38. The average Bonchev–Trinajstić information content (AvgIpc) is 3.35. The third-order valence-corrected chi connectivity index (χ3v) is 6.97. The summed E-state index contributed by atoms with van der Waals surface area (Å²) in [5.41, 5.74) is 4.62. The van der Waals surface area contributed by atoms with Crippen LogP contribution in [-0.2, 0) is 14.3 Å². The Balaban J connectivity index is 1.34. The van der Waals surface area contributed by atoms with Crippen molar-refractivity contribution in [3.8, 4) is 11.1 Å². The monoisotopic (exact) mass is 450 g/mol. The van der Waals surface area contributed by atoms with Gasteiger partial charge in [-0.2, -0.15) is 0 Å². The molecule has 7 nitrogen and oxygen atoms in total. The van der Waals surface area contributed by atoms with E-state index in [4.69, 9.17) is 4.74 Å². The van der Waals surface area contributed by atoms with Crippen LogP contribution in [0.4, 0.5) is 4.79 Å². The van der Waals surface area contributed by atoms with Gasteiger partial charge in [-0.3, -0.25) is 9.59 Å². The number of aliphatic carboxylic acids is 1. The summed E-state index contributed by atoms with van der Waals surface area (Å²) >= 11 is 0. The van der Waals surface area contributed by atoms with Gasteiger partial charge in [0.05, 0.1) is 5.92 Å². The molecule has 4 rings (SSSR count). The topological polar surface area (TPSA) is 95.9 Å². The molecule has 1 saturated heterocycles. The van der Waals surface area contributed by atoms with Crippen LogP contribution in [0.25, 0.3) is 11.1 Å². The number of nitrogens with zero attached hydrogens (tertiary/aromatic N) is 1. The van der Waals surface area contributed by atoms with Crippen molar-refractivity contribution in [2.75, 3.05) is 13.2 Å². The van der Waals surface area contributed by atoms with E-state index in [2.05, 4.69) is 29.6 Å². The first kappa shape index (κ1) is 22.8. The third-order valence-electron chi connectivity index (χ3n) is 6.97. The van der Waals surface area contributed by atoms with E-state index in [9.17, 15) is 19.5 Å². The second-order valence-electron chi connectivity index (χ2n) is 8.84. The molecule has 2 aromatic rings. The molecule has 1 fully saturated rings. The van der Waals surface area contributed by atoms with Crippen molar-refractivity contribution in [2.45, 2.75) is 51.1 Å². The fraction of sp³-hybridized carbons (Fsp3) is 0.423. The van der Waals surface area contributed by atoms with E-state index < -0.39 is 18.0 Å². The highest BCUT2D eigenvalue weighted by atomic mass is 16.5. The number of benzene rings is 2. The zero-order chi connectivity index (χ0) is 23.5. The van der Waals surface area contributed by atoms with E-state index in [1.807, 2.05) is 31.2 Å². The standard InChI is InChI=1S/C26H30N2O5/c1-3-17(14-24(29)28-13-12-18(16(28)2)25(30)31)27-26(32)33-15-23-21-10-6-4-8-19(21)20-9-5-7-11-22(20)23/h4-11,16-18,23H,3,12-15H2,1-2H3,(H,27,32)(H,30,31). The van der Waals surface area contributed by atoms with Crippen LogP contribution < -0.4 is 5.32 Å². The first-order valence-electron chi connectivity index (χ1n) is 11.5. The molecule has 2 amide bonds. The zero-order valence-corrected chi connectivity index (χ0v) is 19.0. The van der Waals surface area contributed by atoms with Gasteiger partial charge in [0, 0.05) is 31.0 Å². The maximum absolute atomic E-state index is 12.8. The number of hydrogen-bond acceptors (Lipinski definition) is 4. The molecule has 1 aliphatic heterocycles. The lowest BCUT2D eigenvalue weighted by Crippen LogP contribution is -2.43. The minimum atomic E-state index is -0.874. The number of nitrogens with one attached hydrogen (secondary N) is 1. The van der Waals surface area contributed by atoms with Crippen molar-refractivity contribution in [1.82, 2.24) is 10.2 Å². The largest absolute Gasteiger partial charge is 0.481 e. The second kappa shape index (κ2) is 9.65. The van der Waals surface area contributed by atoms with Crippen LogP contribution in [0, 0.1) is 5.92 Å². The number of rotatable bonds is 7. The van der Waals surface area contributed by atoms with E-state index in [1.165, 1.54) is 11.1 Å². The minimum Gasteiger partial charge on any atom is -0.481 e. The lowest BCUT2D eigenvalue weighted by Gasteiger charge is -2.26. The molecule has 33 heavy (non-hydrogen) atoms. The first-order chi connectivity index (χ1) is 15.9. The van der Waals surface area contributed by atoms with Crippen LogP contribution in [0.2, 0.25) is 0 Å². The van der Waals surface area contributed by atoms with Gasteiger partial charge in [0.25, 0.3) is 0 Å². The van der Waals surface area contributed by atoms with Crippen LogP contribution >= 0.6 is 0 Å². The fourth-order valence-corrected chi connectivity index (χ4v) is 5.05. The smallest absolute Gasteiger partial charge is 0.407 e. The number of amides is 2. The summed E-state index contributed by atoms with van der Waals surface area (Å²) in [7, 11) is 0. The zero-order valence-electron chi connectivity index (χ0n) is 19.0. The molecule has 3 unspecified atom stereocenters. The van der Waals surface area contributed by atoms with Gasteiger partial charge in [-0.25, -0.2) is 4.79 Å². The lowest BCUT2D eigenvalue weighted by atomic mass is 9.98. The van der Waals surface area contributed by atoms with Crippen LogP contribution in [-0.4, -0.2) is 53.2 Å². The number of carbonyl (C=O) groups excluding carboxylic acids is 2. The molecular formula is C26H30N2O5. The Bertz CT molecular complexity index is 1010. The van der Waals surface area contributed by atoms with Crippen molar-refractivity contribution >= 4 is 18.0 Å². The van der Waals surface area contributed by atoms with E-state index >= 15 is 0 Å². The lowest BCUT2D eigenvalue weighted by molar-refractivity contribution is -0.143. The Kier molecular flexibility index (Phi) is 6.67. The number of fused-ring (bicyclic) bond motifs is 3. The minimum absolute atomic E-state index is 0.0248. The highest BCUT2D eigenvalue weighted by Crippen LogP contribution is 2.44. The summed E-state index contributed by atoms with van der Waals surface area (Å²) in [6.45, 7) is 4.31. The Morgan fingerprint density at radius 2 is 1.70 bits per heavy atom. The summed E-state index contributed by atoms with van der Waals surface area (Å²) in [4.78, 5) is 38.3. The van der Waals surface area contributed by atoms with Gasteiger partial charge in [0.2, 0.25) is 5.91 Å². The summed E-state index contributed by atoms with van der Waals surface area (Å²) < 4.78 is 5.60. The number of carbonyl (C=O) groups is 3. The van der Waals surface area contributed by atoms with Gasteiger partial charge in [0.15, 0.2) is 0 Å². The fourth-order valence-electron chi connectivity index (χ4n) is 5.05. The third kappa shape index (κ3) is 4.58. The summed E-state index contributed by atoms with van der Waals surface area (Å²) in [5.74, 6) is -1.58. The molecule has 0 saturated carbocycles. The van der Waals surface area contributed by atoms with Crippen LogP contribution in [0.1, 0.15) is 50.2 Å². The molecule has 7 heteroatoms. The van der Waals surface area contributed by atoms with Crippen LogP contribution in [0.5, 0.6) is 0 Å². The molecule has 2 aliphatic rings. The van der Waals surface area contributed by atoms with E-state index in [-0.39, 0.29) is 36.9 Å². The Hall–Kier alpha value is -3.35. The first-order valence-corrected chi connectivity index (χ1v) is 11.5. The summed E-state index contributed by atoms with van der Waals surface area (Å²) in [6, 6.07) is 15.6. The average molecular weight is 451 g/mol. The molecular weight excluding hydrogens is 420 g/mol. The summed E-state index contributed by atoms with van der Waals surface area (Å²) in [5, 5.41) is 12.1. The Morgan fingerprint density at radius 3 is 2.24 bits per heavy atom. The van der Waals surface area contributed by atoms with Crippen molar-refractivity contribution in [2.24, 2.45) is 5.92 Å². The van der Waals surface area contributed by atoms with Crippen molar-refractivity contribution in [3.63, 3.8) is 0 Å². The molecule has 0 spiro atoms. The van der Waals surface area contributed by atoms with Gasteiger partial charge in [-0.15, -0.1) is 0 Å². The van der Waals surface area contributed by atoms with E-state index in [0.29, 0.717) is 19.4 Å². The molecule has 0 bridgehead atoms. The molecule has 2 aromatic carbocycles. The number of carboxylic acid groups (broad SMARTS) is 1. The Morgan fingerprint density at radius 1 is 1.09 bits per heavy atom. The quantitative estimate of drug-likeness (QED) is 0.664. The number of carboxylic acids is 1. The van der Waals surface area contributed by atoms with Gasteiger partial charge in [-0.1, -0.05) is 55.5 Å². The molecule has 1 heterocycles. The van der Waals surface area contributed by atoms with Gasteiger partial charge >= 0.3 is 12.1 Å². The number of hydrogen-bond donors (Lipinski definition) is 2. The van der Waals surface area contributed by atoms with Crippen LogP contribution in [0.15, 0.2) is 48.5 Å². The molecule has 0 aromatic heterocycles. The second-order valence-corrected chi connectivity index (χ2v) is 8.84. The SMILES string of the molecule is CCC(CC(=O)N1CCC(C(=O)O)C1C)NC(=O)OCC1c2ccccc2-c2ccccc21. The van der Waals surface area contributed by atoms with Gasteiger partial charge in [0.1, 0.15) is 6.61 Å². The van der Waals surface area contributed by atoms with Crippen molar-refractivity contribution < 1.29 is 24.2 Å². The normalized spacial score (nSPS) is 20.1. The van der Waals surface area contributed by atoms with Crippen LogP contribution in [0.3, 0.4) is 0 Å². The number of ether oxygens (including phenoxy) is 1. The maximum atomic E-state index is 12.8. The molecule has 1 aliphatic carbocycles. The van der Waals surface area contributed by atoms with Crippen molar-refractivity contribution in [3.05, 3.63) is 59.7 Å².